The van der Waals surface area contributed by atoms with E-state index in [-0.39, 0.29) is 11.2 Å². The fourth-order valence-corrected chi connectivity index (χ4v) is 3.83. The van der Waals surface area contributed by atoms with Gasteiger partial charge in [0.15, 0.2) is 11.6 Å². The number of carbonyl (C=O) groups excluding carboxylic acids is 1. The van der Waals surface area contributed by atoms with Crippen molar-refractivity contribution in [2.24, 2.45) is 11.3 Å². The van der Waals surface area contributed by atoms with Crippen LogP contribution in [0.5, 0.6) is 0 Å². The Kier molecular flexibility index (Phi) is 2.66. The second-order valence-corrected chi connectivity index (χ2v) is 5.94. The van der Waals surface area contributed by atoms with Crippen LogP contribution in [-0.2, 0) is 14.3 Å². The Balaban J connectivity index is 2.08. The van der Waals surface area contributed by atoms with Gasteiger partial charge in [-0.15, -0.1) is 0 Å². The first-order valence-corrected chi connectivity index (χ1v) is 6.70. The monoisotopic (exact) mass is 252 g/mol. The topological polar surface area (TPSA) is 55.8 Å². The first kappa shape index (κ1) is 12.3. The van der Waals surface area contributed by atoms with Crippen molar-refractivity contribution in [3.8, 4) is 0 Å². The van der Waals surface area contributed by atoms with Crippen molar-refractivity contribution in [3.63, 3.8) is 0 Å². The van der Waals surface area contributed by atoms with Crippen molar-refractivity contribution in [2.45, 2.75) is 45.0 Å². The highest BCUT2D eigenvalue weighted by Crippen LogP contribution is 2.57. The van der Waals surface area contributed by atoms with E-state index in [1.54, 1.807) is 6.08 Å². The molecule has 0 amide bonds. The van der Waals surface area contributed by atoms with Gasteiger partial charge in [0.1, 0.15) is 6.10 Å². The number of fused-ring (bicyclic) bond motifs is 2. The van der Waals surface area contributed by atoms with Gasteiger partial charge in [0, 0.05) is 11.8 Å². The van der Waals surface area contributed by atoms with E-state index in [1.165, 1.54) is 0 Å². The lowest BCUT2D eigenvalue weighted by molar-refractivity contribution is -0.245. The normalized spacial score (nSPS) is 42.8. The van der Waals surface area contributed by atoms with Gasteiger partial charge in [-0.25, -0.2) is 0 Å². The fraction of sp³-hybridized carbons (Fsp3) is 0.786. The largest absolute Gasteiger partial charge is 0.385 e. The van der Waals surface area contributed by atoms with Crippen molar-refractivity contribution < 1.29 is 19.4 Å². The predicted octanol–water partition coefficient (Wildman–Crippen LogP) is 1.43. The Morgan fingerprint density at radius 1 is 1.39 bits per heavy atom. The molecule has 1 N–H and O–H groups in total. The average molecular weight is 252 g/mol. The quantitative estimate of drug-likeness (QED) is 0.708. The summed E-state index contributed by atoms with van der Waals surface area (Å²) in [4.78, 5) is 11.7. The van der Waals surface area contributed by atoms with Crippen molar-refractivity contribution in [3.05, 3.63) is 11.6 Å². The molecule has 0 aromatic heterocycles. The molecule has 1 spiro atoms. The molecule has 3 atom stereocenters. The highest BCUT2D eigenvalue weighted by molar-refractivity contribution is 5.95. The zero-order chi connectivity index (χ0) is 13.0. The first-order valence-electron chi connectivity index (χ1n) is 6.70. The molecule has 2 unspecified atom stereocenters. The minimum absolute atomic E-state index is 0.177. The zero-order valence-corrected chi connectivity index (χ0v) is 10.9. The van der Waals surface area contributed by atoms with Crippen molar-refractivity contribution in [1.29, 1.82) is 0 Å². The SMILES string of the molecule is CC1CCC2(OCCO2)[C@]2(C)CC(O)C(=O)C=C12. The van der Waals surface area contributed by atoms with Gasteiger partial charge in [-0.05, 0) is 24.8 Å². The molecule has 0 aromatic rings. The third kappa shape index (κ3) is 1.46. The Labute approximate surface area is 107 Å². The van der Waals surface area contributed by atoms with E-state index in [4.69, 9.17) is 9.47 Å². The van der Waals surface area contributed by atoms with Crippen molar-refractivity contribution >= 4 is 5.78 Å². The zero-order valence-electron chi connectivity index (χ0n) is 10.9. The van der Waals surface area contributed by atoms with Gasteiger partial charge >= 0.3 is 0 Å². The summed E-state index contributed by atoms with van der Waals surface area (Å²) in [6.45, 7) is 5.40. The summed E-state index contributed by atoms with van der Waals surface area (Å²) >= 11 is 0. The first-order chi connectivity index (χ1) is 8.48. The Morgan fingerprint density at radius 2 is 2.06 bits per heavy atom. The second kappa shape index (κ2) is 3.89. The second-order valence-electron chi connectivity index (χ2n) is 5.94. The summed E-state index contributed by atoms with van der Waals surface area (Å²) in [5.74, 6) is -0.457. The maximum Gasteiger partial charge on any atom is 0.184 e. The molecular weight excluding hydrogens is 232 g/mol. The number of hydrogen-bond acceptors (Lipinski definition) is 4. The molecular formula is C14H20O4. The van der Waals surface area contributed by atoms with Crippen LogP contribution in [0.3, 0.4) is 0 Å². The molecule has 4 heteroatoms. The van der Waals surface area contributed by atoms with Crippen molar-refractivity contribution in [1.82, 2.24) is 0 Å². The van der Waals surface area contributed by atoms with Crippen LogP contribution in [-0.4, -0.2) is 36.0 Å². The van der Waals surface area contributed by atoms with Gasteiger partial charge < -0.3 is 14.6 Å². The standard InChI is InChI=1S/C14H20O4/c1-9-3-4-14(17-5-6-18-14)13(2)8-12(16)11(15)7-10(9)13/h7,9,12,16H,3-6,8H2,1-2H3/t9?,12?,13-/m1/s1. The number of rotatable bonds is 0. The molecule has 3 aliphatic rings. The Hall–Kier alpha value is -0.710. The molecule has 0 aromatic carbocycles. The van der Waals surface area contributed by atoms with E-state index in [0.29, 0.717) is 25.6 Å². The van der Waals surface area contributed by atoms with E-state index in [1.807, 2.05) is 0 Å². The average Bonchev–Trinajstić information content (AvgIpc) is 2.79. The van der Waals surface area contributed by atoms with E-state index >= 15 is 0 Å². The van der Waals surface area contributed by atoms with Gasteiger partial charge in [0.25, 0.3) is 0 Å². The lowest BCUT2D eigenvalue weighted by Crippen LogP contribution is -2.56. The molecule has 0 bridgehead atoms. The van der Waals surface area contributed by atoms with Gasteiger partial charge in [-0.3, -0.25) is 4.79 Å². The van der Waals surface area contributed by atoms with Gasteiger partial charge in [-0.1, -0.05) is 19.4 Å². The third-order valence-electron chi connectivity index (χ3n) is 4.90. The Bertz CT molecular complexity index is 408. The maximum absolute atomic E-state index is 11.7. The highest BCUT2D eigenvalue weighted by Gasteiger charge is 2.60. The van der Waals surface area contributed by atoms with E-state index in [0.717, 1.165) is 18.4 Å². The van der Waals surface area contributed by atoms with E-state index < -0.39 is 11.9 Å². The molecule has 1 saturated heterocycles. The summed E-state index contributed by atoms with van der Waals surface area (Å²) < 4.78 is 11.8. The van der Waals surface area contributed by atoms with E-state index in [2.05, 4.69) is 13.8 Å². The lowest BCUT2D eigenvalue weighted by atomic mass is 9.58. The maximum atomic E-state index is 11.7. The van der Waals surface area contributed by atoms with Crippen LogP contribution in [0, 0.1) is 11.3 Å². The molecule has 18 heavy (non-hydrogen) atoms. The molecule has 1 aliphatic heterocycles. The van der Waals surface area contributed by atoms with Gasteiger partial charge in [-0.2, -0.15) is 0 Å². The molecule has 0 radical (unpaired) electrons. The lowest BCUT2D eigenvalue weighted by Gasteiger charge is -2.53. The van der Waals surface area contributed by atoms with E-state index in [9.17, 15) is 9.90 Å². The molecule has 100 valence electrons. The minimum Gasteiger partial charge on any atom is -0.385 e. The minimum atomic E-state index is -0.922. The smallest absolute Gasteiger partial charge is 0.184 e. The number of carbonyl (C=O) groups is 1. The summed E-state index contributed by atoms with van der Waals surface area (Å²) in [6, 6.07) is 0. The molecule has 2 fully saturated rings. The van der Waals surface area contributed by atoms with Crippen LogP contribution in [0.2, 0.25) is 0 Å². The van der Waals surface area contributed by atoms with Crippen LogP contribution in [0.15, 0.2) is 11.6 Å². The van der Waals surface area contributed by atoms with Crippen LogP contribution in [0.1, 0.15) is 33.1 Å². The summed E-state index contributed by atoms with van der Waals surface area (Å²) in [6.07, 6.45) is 2.91. The number of aliphatic hydroxyl groups is 1. The number of ketones is 1. The van der Waals surface area contributed by atoms with Crippen molar-refractivity contribution in [2.75, 3.05) is 13.2 Å². The molecule has 1 saturated carbocycles. The molecule has 2 aliphatic carbocycles. The Morgan fingerprint density at radius 3 is 2.72 bits per heavy atom. The molecule has 3 rings (SSSR count). The number of aliphatic hydroxyl groups excluding tert-OH is 1. The van der Waals surface area contributed by atoms with Crippen LogP contribution >= 0.6 is 0 Å². The summed E-state index contributed by atoms with van der Waals surface area (Å²) in [5.41, 5.74) is 0.708. The van der Waals surface area contributed by atoms with Gasteiger partial charge in [0.05, 0.1) is 13.2 Å². The molecule has 4 nitrogen and oxygen atoms in total. The number of ether oxygens (including phenoxy) is 2. The summed E-state index contributed by atoms with van der Waals surface area (Å²) in [7, 11) is 0. The highest BCUT2D eigenvalue weighted by atomic mass is 16.7. The van der Waals surface area contributed by atoms with Crippen LogP contribution in [0.25, 0.3) is 0 Å². The fourth-order valence-electron chi connectivity index (χ4n) is 3.83. The van der Waals surface area contributed by atoms with Crippen LogP contribution < -0.4 is 0 Å². The predicted molar refractivity (Wildman–Crippen MR) is 64.9 cm³/mol. The molecule has 1 heterocycles. The number of hydrogen-bond donors (Lipinski definition) is 1. The summed E-state index contributed by atoms with van der Waals surface area (Å²) in [5, 5.41) is 9.91. The van der Waals surface area contributed by atoms with Crippen LogP contribution in [0.4, 0.5) is 0 Å². The van der Waals surface area contributed by atoms with Gasteiger partial charge in [0.2, 0.25) is 0 Å². The third-order valence-corrected chi connectivity index (χ3v) is 4.90.